The Morgan fingerprint density at radius 3 is 2.39 bits per heavy atom. The van der Waals surface area contributed by atoms with Gasteiger partial charge in [0.05, 0.1) is 17.6 Å². The van der Waals surface area contributed by atoms with Crippen molar-refractivity contribution in [2.45, 2.75) is 25.5 Å². The minimum absolute atomic E-state index is 0.0981. The lowest BCUT2D eigenvalue weighted by atomic mass is 10.1. The van der Waals surface area contributed by atoms with Crippen LogP contribution in [0.2, 0.25) is 0 Å². The second-order valence-corrected chi connectivity index (χ2v) is 9.28. The highest BCUT2D eigenvalue weighted by Crippen LogP contribution is 2.32. The first-order chi connectivity index (χ1) is 17.7. The Bertz CT molecular complexity index is 1360. The number of aromatic nitrogens is 4. The van der Waals surface area contributed by atoms with Crippen molar-refractivity contribution in [2.24, 2.45) is 0 Å². The van der Waals surface area contributed by atoms with Gasteiger partial charge >= 0.3 is 0 Å². The largest absolute Gasteiger partial charge is 0.383 e. The van der Waals surface area contributed by atoms with E-state index in [9.17, 15) is 4.79 Å². The van der Waals surface area contributed by atoms with Crippen LogP contribution in [0.15, 0.2) is 60.7 Å². The molecular formula is C27H29N7O2. The maximum absolute atomic E-state index is 12.8. The number of amides is 1. The number of hydrogen-bond acceptors (Lipinski definition) is 7. The maximum atomic E-state index is 12.8. The third kappa shape index (κ3) is 4.26. The smallest absolute Gasteiger partial charge is 0.251 e. The highest BCUT2D eigenvalue weighted by molar-refractivity contribution is 5.99. The van der Waals surface area contributed by atoms with Gasteiger partial charge < -0.3 is 20.3 Å². The molecule has 1 atom stereocenters. The lowest BCUT2D eigenvalue weighted by Gasteiger charge is -2.35. The zero-order valence-electron chi connectivity index (χ0n) is 20.1. The predicted octanol–water partition coefficient (Wildman–Crippen LogP) is 2.95. The molecule has 2 aromatic carbocycles. The first-order valence-electron chi connectivity index (χ1n) is 12.5. The van der Waals surface area contributed by atoms with E-state index >= 15 is 0 Å². The molecule has 2 N–H and O–H groups in total. The Labute approximate surface area is 209 Å². The van der Waals surface area contributed by atoms with Gasteiger partial charge in [-0.25, -0.2) is 9.67 Å². The molecule has 6 rings (SSSR count). The standard InChI is InChI=1S/C27H29N7O2/c28-24-22-23(20-10-5-2-6-11-20)29-27(30-25(22)31-34(24)18-19-8-3-1-4-9-19)33-15-13-32(14-16-33)26(35)21-12-7-17-36-21/h1-6,8-11,21H,7,12-18,28H2. The van der Waals surface area contributed by atoms with Gasteiger partial charge in [-0.2, -0.15) is 4.98 Å². The molecule has 184 valence electrons. The van der Waals surface area contributed by atoms with Crippen molar-refractivity contribution >= 4 is 28.7 Å². The molecule has 2 aliphatic rings. The SMILES string of the molecule is Nc1c2c(-c3ccccc3)nc(N3CCN(C(=O)C4CCCO4)CC3)nc2nn1Cc1ccccc1. The molecule has 2 aliphatic heterocycles. The molecule has 0 saturated carbocycles. The first kappa shape index (κ1) is 22.5. The number of nitrogens with zero attached hydrogens (tertiary/aromatic N) is 6. The molecule has 36 heavy (non-hydrogen) atoms. The van der Waals surface area contributed by atoms with Crippen LogP contribution in [0.5, 0.6) is 0 Å². The second-order valence-electron chi connectivity index (χ2n) is 9.28. The monoisotopic (exact) mass is 483 g/mol. The van der Waals surface area contributed by atoms with E-state index in [1.807, 2.05) is 53.4 Å². The van der Waals surface area contributed by atoms with Gasteiger partial charge in [-0.05, 0) is 18.4 Å². The fourth-order valence-electron chi connectivity index (χ4n) is 4.97. The molecule has 0 bridgehead atoms. The van der Waals surface area contributed by atoms with E-state index in [0.29, 0.717) is 56.7 Å². The summed E-state index contributed by atoms with van der Waals surface area (Å²) >= 11 is 0. The summed E-state index contributed by atoms with van der Waals surface area (Å²) in [6.07, 6.45) is 1.48. The van der Waals surface area contributed by atoms with Gasteiger partial charge in [-0.15, -0.1) is 5.10 Å². The van der Waals surface area contributed by atoms with Crippen molar-refractivity contribution in [3.8, 4) is 11.3 Å². The summed E-state index contributed by atoms with van der Waals surface area (Å²) in [7, 11) is 0. The quantitative estimate of drug-likeness (QED) is 0.466. The number of nitrogens with two attached hydrogens (primary N) is 1. The molecule has 1 unspecified atom stereocenters. The van der Waals surface area contributed by atoms with E-state index in [1.54, 1.807) is 4.68 Å². The normalized spacial score (nSPS) is 18.2. The minimum Gasteiger partial charge on any atom is -0.383 e. The van der Waals surface area contributed by atoms with E-state index in [4.69, 9.17) is 25.5 Å². The first-order valence-corrected chi connectivity index (χ1v) is 12.5. The number of rotatable bonds is 5. The van der Waals surface area contributed by atoms with Crippen LogP contribution in [0, 0.1) is 0 Å². The van der Waals surface area contributed by atoms with Gasteiger partial charge in [0, 0.05) is 38.3 Å². The van der Waals surface area contributed by atoms with E-state index in [2.05, 4.69) is 17.0 Å². The van der Waals surface area contributed by atoms with Crippen LogP contribution in [-0.2, 0) is 16.1 Å². The molecular weight excluding hydrogens is 454 g/mol. The lowest BCUT2D eigenvalue weighted by Crippen LogP contribution is -2.51. The van der Waals surface area contributed by atoms with E-state index in [-0.39, 0.29) is 12.0 Å². The Hall–Kier alpha value is -3.98. The number of fused-ring (bicyclic) bond motifs is 1. The van der Waals surface area contributed by atoms with E-state index < -0.39 is 0 Å². The van der Waals surface area contributed by atoms with Crippen molar-refractivity contribution in [2.75, 3.05) is 43.4 Å². The molecule has 4 heterocycles. The average Bonchev–Trinajstić information content (AvgIpc) is 3.58. The van der Waals surface area contributed by atoms with Crippen molar-refractivity contribution in [3.05, 3.63) is 66.2 Å². The number of carbonyl (C=O) groups is 1. The van der Waals surface area contributed by atoms with Crippen LogP contribution >= 0.6 is 0 Å². The van der Waals surface area contributed by atoms with Crippen LogP contribution in [0.4, 0.5) is 11.8 Å². The number of ether oxygens (including phenoxy) is 1. The Morgan fingerprint density at radius 2 is 1.69 bits per heavy atom. The van der Waals surface area contributed by atoms with E-state index in [0.717, 1.165) is 35.0 Å². The Morgan fingerprint density at radius 1 is 0.972 bits per heavy atom. The van der Waals surface area contributed by atoms with Crippen molar-refractivity contribution < 1.29 is 9.53 Å². The molecule has 0 spiro atoms. The Kier molecular flexibility index (Phi) is 5.98. The summed E-state index contributed by atoms with van der Waals surface area (Å²) in [5, 5.41) is 5.53. The summed E-state index contributed by atoms with van der Waals surface area (Å²) in [6, 6.07) is 20.1. The van der Waals surface area contributed by atoms with Crippen LogP contribution in [0.25, 0.3) is 22.3 Å². The zero-order chi connectivity index (χ0) is 24.5. The molecule has 0 aliphatic carbocycles. The summed E-state index contributed by atoms with van der Waals surface area (Å²) in [4.78, 5) is 26.6. The van der Waals surface area contributed by atoms with Gasteiger partial charge in [-0.3, -0.25) is 4.79 Å². The molecule has 9 heteroatoms. The van der Waals surface area contributed by atoms with Crippen molar-refractivity contribution in [1.29, 1.82) is 0 Å². The van der Waals surface area contributed by atoms with Crippen LogP contribution < -0.4 is 10.6 Å². The van der Waals surface area contributed by atoms with Crippen molar-refractivity contribution in [3.63, 3.8) is 0 Å². The second kappa shape index (κ2) is 9.58. The molecule has 9 nitrogen and oxygen atoms in total. The zero-order valence-corrected chi connectivity index (χ0v) is 20.1. The number of carbonyl (C=O) groups excluding carboxylic acids is 1. The molecule has 2 saturated heterocycles. The average molecular weight is 484 g/mol. The van der Waals surface area contributed by atoms with Crippen molar-refractivity contribution in [1.82, 2.24) is 24.6 Å². The van der Waals surface area contributed by atoms with Crippen LogP contribution in [-0.4, -0.2) is 69.4 Å². The molecule has 2 aromatic heterocycles. The molecule has 4 aromatic rings. The minimum atomic E-state index is -0.287. The maximum Gasteiger partial charge on any atom is 0.251 e. The number of benzene rings is 2. The fourth-order valence-corrected chi connectivity index (χ4v) is 4.97. The van der Waals surface area contributed by atoms with Crippen LogP contribution in [0.1, 0.15) is 18.4 Å². The third-order valence-electron chi connectivity index (χ3n) is 6.93. The number of piperazine rings is 1. The van der Waals surface area contributed by atoms with Gasteiger partial charge in [0.1, 0.15) is 11.9 Å². The molecule has 2 fully saturated rings. The van der Waals surface area contributed by atoms with Gasteiger partial charge in [0.2, 0.25) is 5.95 Å². The summed E-state index contributed by atoms with van der Waals surface area (Å²) in [6.45, 7) is 3.76. The Balaban J connectivity index is 1.32. The fraction of sp³-hybridized carbons (Fsp3) is 0.333. The predicted molar refractivity (Wildman–Crippen MR) is 138 cm³/mol. The molecule has 0 radical (unpaired) electrons. The van der Waals surface area contributed by atoms with E-state index in [1.165, 1.54) is 0 Å². The van der Waals surface area contributed by atoms with Gasteiger partial charge in [-0.1, -0.05) is 60.7 Å². The lowest BCUT2D eigenvalue weighted by molar-refractivity contribution is -0.141. The highest BCUT2D eigenvalue weighted by atomic mass is 16.5. The molecule has 1 amide bonds. The third-order valence-corrected chi connectivity index (χ3v) is 6.93. The summed E-state index contributed by atoms with van der Waals surface area (Å²) < 4.78 is 7.39. The number of nitrogen functional groups attached to an aromatic ring is 1. The summed E-state index contributed by atoms with van der Waals surface area (Å²) in [5.74, 6) is 1.25. The number of anilines is 2. The van der Waals surface area contributed by atoms with Crippen LogP contribution in [0.3, 0.4) is 0 Å². The van der Waals surface area contributed by atoms with Gasteiger partial charge in [0.15, 0.2) is 5.65 Å². The van der Waals surface area contributed by atoms with Gasteiger partial charge in [0.25, 0.3) is 5.91 Å². The topological polar surface area (TPSA) is 102 Å². The highest BCUT2D eigenvalue weighted by Gasteiger charge is 2.31. The summed E-state index contributed by atoms with van der Waals surface area (Å²) in [5.41, 5.74) is 10.0. The number of hydrogen-bond donors (Lipinski definition) is 1.